The maximum atomic E-state index is 14.7. The molecule has 634 valence electrons. The van der Waals surface area contributed by atoms with Crippen molar-refractivity contribution in [2.45, 2.75) is 254 Å². The van der Waals surface area contributed by atoms with Crippen LogP contribution in [0.3, 0.4) is 0 Å². The molecule has 0 fully saturated rings. The van der Waals surface area contributed by atoms with Crippen molar-refractivity contribution in [1.29, 1.82) is 5.26 Å². The molecule has 5 heterocycles. The molecule has 5 aromatic heterocycles. The summed E-state index contributed by atoms with van der Waals surface area (Å²) in [5.41, 5.74) is 25.4. The van der Waals surface area contributed by atoms with Crippen molar-refractivity contribution >= 4 is 28.9 Å². The van der Waals surface area contributed by atoms with Gasteiger partial charge in [-0.05, 0) is 147 Å². The summed E-state index contributed by atoms with van der Waals surface area (Å²) in [6.45, 7) is 36.2. The van der Waals surface area contributed by atoms with E-state index in [9.17, 15) is 38.0 Å². The maximum Gasteiger partial charge on any atom is 0.237 e. The number of aromatic amines is 5. The van der Waals surface area contributed by atoms with Gasteiger partial charge in [-0.25, -0.2) is 0 Å². The molecule has 5 aromatic carbocycles. The molecule has 123 heavy (non-hydrogen) atoms. The quantitative estimate of drug-likeness (QED) is 0.100. The Labute approximate surface area is 721 Å². The molecule has 5 N–H and O–H groups in total. The average Bonchev–Trinajstić information content (AvgIpc) is 1.67. The number of H-pyrrole nitrogens is 5. The molecular formula is C105H115F2N11O5. The molecule has 0 spiro atoms. The fourth-order valence-electron chi connectivity index (χ4n) is 24.1. The maximum absolute atomic E-state index is 14.7. The van der Waals surface area contributed by atoms with Crippen LogP contribution in [-0.2, 0) is 83.2 Å². The number of ketones is 5. The van der Waals surface area contributed by atoms with Crippen LogP contribution in [-0.4, -0.2) is 79.9 Å². The third-order valence-electron chi connectivity index (χ3n) is 28.7. The zero-order valence-corrected chi connectivity index (χ0v) is 74.4. The number of carbonyl (C=O) groups is 5. The summed E-state index contributed by atoms with van der Waals surface area (Å²) in [5, 5.41) is 45.1. The Hall–Kier alpha value is -11.5. The second-order valence-electron chi connectivity index (χ2n) is 41.1. The van der Waals surface area contributed by atoms with Crippen LogP contribution in [0.25, 0.3) is 0 Å². The third kappa shape index (κ3) is 14.6. The monoisotopic (exact) mass is 1650 g/mol. The normalized spacial score (nSPS) is 25.0. The summed E-state index contributed by atoms with van der Waals surface area (Å²) in [5.74, 6) is 0.0702. The second-order valence-corrected chi connectivity index (χ2v) is 41.1. The number of nitrogens with one attached hydrogen (secondary N) is 5. The van der Waals surface area contributed by atoms with Crippen molar-refractivity contribution in [3.63, 3.8) is 0 Å². The fraction of sp³-hybridized carbons (Fsp3) is 0.419. The molecule has 0 amide bonds. The lowest BCUT2D eigenvalue weighted by Crippen LogP contribution is -2.42. The van der Waals surface area contributed by atoms with Gasteiger partial charge in [0.2, 0.25) is 11.9 Å². The van der Waals surface area contributed by atoms with Gasteiger partial charge in [0.1, 0.15) is 0 Å². The molecule has 0 radical (unpaired) electrons. The number of nitriles is 1. The van der Waals surface area contributed by atoms with Crippen molar-refractivity contribution in [3.05, 3.63) is 320 Å². The van der Waals surface area contributed by atoms with Crippen molar-refractivity contribution in [1.82, 2.24) is 51.0 Å². The van der Waals surface area contributed by atoms with E-state index in [1.807, 2.05) is 75.8 Å². The highest BCUT2D eigenvalue weighted by Crippen LogP contribution is 2.60. The molecular weight excluding hydrogens is 1530 g/mol. The van der Waals surface area contributed by atoms with E-state index in [0.717, 1.165) is 137 Å². The van der Waals surface area contributed by atoms with Gasteiger partial charge in [-0.2, -0.15) is 29.3 Å². The third-order valence-corrected chi connectivity index (χ3v) is 28.7. The number of halogens is 2. The number of nitrogens with zero attached hydrogens (tertiary/aromatic N) is 6. The topological polar surface area (TPSA) is 253 Å². The minimum atomic E-state index is -0.944. The molecule has 10 aliphatic carbocycles. The zero-order chi connectivity index (χ0) is 87.7. The van der Waals surface area contributed by atoms with Crippen molar-refractivity contribution in [3.8, 4) is 6.07 Å². The lowest BCUT2D eigenvalue weighted by atomic mass is 9.57. The van der Waals surface area contributed by atoms with Gasteiger partial charge in [0.05, 0.1) is 51.9 Å². The first kappa shape index (κ1) is 85.1. The molecule has 18 heteroatoms. The van der Waals surface area contributed by atoms with Crippen LogP contribution < -0.4 is 0 Å². The number of carbonyl (C=O) groups excluding carboxylic acids is 5. The Morgan fingerprint density at radius 3 is 0.984 bits per heavy atom. The number of rotatable bonds is 7. The number of hydrogen-bond acceptors (Lipinski definition) is 11. The molecule has 10 aliphatic rings. The Morgan fingerprint density at radius 1 is 0.341 bits per heavy atom. The van der Waals surface area contributed by atoms with Gasteiger partial charge in [-0.15, -0.1) is 10.2 Å². The summed E-state index contributed by atoms with van der Waals surface area (Å²) >= 11 is 0. The summed E-state index contributed by atoms with van der Waals surface area (Å²) < 4.78 is 29.4. The minimum Gasteiger partial charge on any atom is -0.294 e. The van der Waals surface area contributed by atoms with Gasteiger partial charge in [0.25, 0.3) is 0 Å². The van der Waals surface area contributed by atoms with E-state index in [1.165, 1.54) is 61.5 Å². The second kappa shape index (κ2) is 31.1. The average molecular weight is 1650 g/mol. The predicted octanol–water partition coefficient (Wildman–Crippen LogP) is 21.3. The number of allylic oxidation sites excluding steroid dienone is 10. The Bertz CT molecular complexity index is 6050. The van der Waals surface area contributed by atoms with E-state index >= 15 is 0 Å². The van der Waals surface area contributed by atoms with Crippen molar-refractivity contribution < 1.29 is 32.8 Å². The first-order valence-corrected chi connectivity index (χ1v) is 43.8. The summed E-state index contributed by atoms with van der Waals surface area (Å²) in [6, 6.07) is 46.8. The van der Waals surface area contributed by atoms with E-state index in [1.54, 1.807) is 18.2 Å². The van der Waals surface area contributed by atoms with Gasteiger partial charge in [-0.1, -0.05) is 243 Å². The highest BCUT2D eigenvalue weighted by molar-refractivity contribution is 6.05. The first-order valence-electron chi connectivity index (χ1n) is 43.8. The van der Waals surface area contributed by atoms with Crippen LogP contribution in [0.2, 0.25) is 0 Å². The number of aryl methyl sites for hydroxylation is 2. The Morgan fingerprint density at radius 2 is 0.634 bits per heavy atom. The lowest BCUT2D eigenvalue weighted by Gasteiger charge is -2.45. The summed E-state index contributed by atoms with van der Waals surface area (Å²) in [6.07, 6.45) is 18.5. The van der Waals surface area contributed by atoms with Crippen LogP contribution >= 0.6 is 0 Å². The van der Waals surface area contributed by atoms with E-state index in [-0.39, 0.29) is 49.5 Å². The predicted molar refractivity (Wildman–Crippen MR) is 475 cm³/mol. The number of aromatic nitrogens is 10. The fourth-order valence-corrected chi connectivity index (χ4v) is 24.1. The van der Waals surface area contributed by atoms with Crippen LogP contribution in [0.1, 0.15) is 282 Å². The van der Waals surface area contributed by atoms with E-state index in [0.29, 0.717) is 84.6 Å². The molecule has 0 aliphatic heterocycles. The molecule has 5 atom stereocenters. The molecule has 2 unspecified atom stereocenters. The highest BCUT2D eigenvalue weighted by atomic mass is 19.1. The van der Waals surface area contributed by atoms with Gasteiger partial charge in [0, 0.05) is 154 Å². The van der Waals surface area contributed by atoms with E-state index in [4.69, 9.17) is 0 Å². The summed E-state index contributed by atoms with van der Waals surface area (Å²) in [7, 11) is 0. The van der Waals surface area contributed by atoms with Crippen LogP contribution in [0, 0.1) is 64.1 Å². The number of Topliss-reactive ketones (excluding diaryl/α,β-unsaturated/α-hetero) is 5. The Balaban J connectivity index is 0.000000114. The smallest absolute Gasteiger partial charge is 0.237 e. The summed E-state index contributed by atoms with van der Waals surface area (Å²) in [4.78, 5) is 65.9. The van der Waals surface area contributed by atoms with Gasteiger partial charge < -0.3 is 0 Å². The number of fused-ring (bicyclic) bond motifs is 5. The van der Waals surface area contributed by atoms with Gasteiger partial charge in [0.15, 0.2) is 28.9 Å². The van der Waals surface area contributed by atoms with Crippen LogP contribution in [0.5, 0.6) is 0 Å². The molecule has 16 nitrogen and oxygen atoms in total. The minimum absolute atomic E-state index is 0.0426. The van der Waals surface area contributed by atoms with Gasteiger partial charge in [-0.3, -0.25) is 49.5 Å². The van der Waals surface area contributed by atoms with Crippen LogP contribution in [0.4, 0.5) is 8.78 Å². The standard InChI is InChI=1S/C21H20FN3O.C21H23FN2O.3C21H24N2O/c1-20(2)9-13-8-15-18(19(22)25-24-15)21(3,17(13)16(26)10-20)14-6-4-5-12(7-14)11-23;1-12-6-5-7-14(8-12)21(4)17-13(10-20(2,3)11-16(17)25)9-15-18(21)19(22)24-23-15;1-13-6-5-7-15(8-13)21(4)16-12-22-23-17(16)9-14-10-20(2,3)11-18(24)19(14)21;2*1-4-21(15-8-6-5-7-9-15)16-13-22-23-17(16)10-14-11-20(2,3)12-18(24)19(14)21/h4-7H,8-10H2,1-3H3,(H,24,25);5-8H,9-11H2,1-4H3,(H,23,24);5-8,12H,9-11H2,1-4H3,(H,22,23);2*5-9,13H,4,10-12H2,1-3H3,(H,22,23)/t21-;;2*21-;/m1.00./s1. The zero-order valence-electron chi connectivity index (χ0n) is 74.4. The largest absolute Gasteiger partial charge is 0.294 e. The van der Waals surface area contributed by atoms with Crippen molar-refractivity contribution in [2.24, 2.45) is 27.1 Å². The molecule has 0 saturated carbocycles. The number of benzene rings is 5. The highest BCUT2D eigenvalue weighted by Gasteiger charge is 2.56. The number of hydrogen-bond donors (Lipinski definition) is 5. The Kier molecular flexibility index (Phi) is 21.5. The molecule has 20 rings (SSSR count). The van der Waals surface area contributed by atoms with E-state index in [2.05, 4.69) is 233 Å². The lowest BCUT2D eigenvalue weighted by molar-refractivity contribution is -0.119. The van der Waals surface area contributed by atoms with Crippen LogP contribution in [0.15, 0.2) is 208 Å². The molecule has 10 aromatic rings. The van der Waals surface area contributed by atoms with E-state index < -0.39 is 28.1 Å². The first-order chi connectivity index (χ1) is 58.2. The molecule has 0 saturated heterocycles. The molecule has 0 bridgehead atoms. The SMILES string of the molecule is CC1(C)CC(=O)C2=C(Cc3[nH]nc(F)c3[C@]2(C)c2cccc(C#N)c2)C1.CCC1(c2ccccc2)C2=C(Cc3[nH]ncc31)CC(C)(C)CC2=O.CC[C@@]1(c2ccccc2)C2=C(Cc3[nH]ncc31)CC(C)(C)CC2=O.Cc1cccc(C2(C)C3=C(Cc4[nH]nc(F)c42)CC(C)(C)CC3=O)c1.Cc1cccc([C@]2(C)C3=C(Cc4[nH]ncc42)CC(C)(C)CC3=O)c1. The van der Waals surface area contributed by atoms with Crippen molar-refractivity contribution in [2.75, 3.05) is 0 Å². The van der Waals surface area contributed by atoms with Gasteiger partial charge >= 0.3 is 0 Å².